The lowest BCUT2D eigenvalue weighted by Gasteiger charge is -2.41. The van der Waals surface area contributed by atoms with Crippen LogP contribution in [0, 0.1) is 17.5 Å². The van der Waals surface area contributed by atoms with Crippen LogP contribution in [-0.2, 0) is 5.75 Å². The number of nitrogens with zero attached hydrogens (tertiary/aromatic N) is 2. The predicted octanol–water partition coefficient (Wildman–Crippen LogP) is 6.31. The minimum atomic E-state index is -2.88. The van der Waals surface area contributed by atoms with Gasteiger partial charge in [0, 0.05) is 45.0 Å². The van der Waals surface area contributed by atoms with Gasteiger partial charge >= 0.3 is 11.8 Å². The normalized spacial score (nSPS) is 16.6. The van der Waals surface area contributed by atoms with E-state index in [1.165, 1.54) is 37.6 Å². The second kappa shape index (κ2) is 13.5. The zero-order valence-corrected chi connectivity index (χ0v) is 27.3. The first-order valence-corrected chi connectivity index (χ1v) is 16.8. The van der Waals surface area contributed by atoms with Crippen LogP contribution >= 0.6 is 10.0 Å². The van der Waals surface area contributed by atoms with Crippen molar-refractivity contribution < 1.29 is 27.4 Å². The minimum Gasteiger partial charge on any atom is -0.494 e. The second-order valence-corrected chi connectivity index (χ2v) is 14.5. The molecule has 0 saturated heterocycles. The van der Waals surface area contributed by atoms with E-state index in [1.807, 2.05) is 0 Å². The van der Waals surface area contributed by atoms with E-state index in [0.717, 1.165) is 12.1 Å². The predicted molar refractivity (Wildman–Crippen MR) is 181 cm³/mol. The first-order valence-electron chi connectivity index (χ1n) is 14.8. The molecule has 1 amide bonds. The number of pyridine rings is 1. The molecule has 0 saturated carbocycles. The molecule has 49 heavy (non-hydrogen) atoms. The fraction of sp³-hybridized carbons (Fsp3) is 0.143. The Kier molecular flexibility index (Phi) is 9.17. The van der Waals surface area contributed by atoms with E-state index < -0.39 is 44.8 Å². The van der Waals surface area contributed by atoms with Crippen LogP contribution in [0.25, 0.3) is 10.5 Å². The molecule has 3 N–H and O–H groups in total. The third kappa shape index (κ3) is 6.35. The molecule has 10 nitrogen and oxygen atoms in total. The van der Waals surface area contributed by atoms with Gasteiger partial charge in [0.05, 0.1) is 17.7 Å². The fourth-order valence-electron chi connectivity index (χ4n) is 5.89. The summed E-state index contributed by atoms with van der Waals surface area (Å²) >= 11 is 0. The lowest BCUT2D eigenvalue weighted by Crippen LogP contribution is -2.29. The maximum absolute atomic E-state index is 16.2. The molecule has 1 unspecified atom stereocenters. The number of H-pyrrole nitrogens is 2. The number of anilines is 1. The van der Waals surface area contributed by atoms with Crippen molar-refractivity contribution in [2.45, 2.75) is 10.8 Å². The molecule has 0 radical (unpaired) electrons. The number of para-hydroxylation sites is 1. The Hall–Kier alpha value is -5.60. The van der Waals surface area contributed by atoms with Crippen LogP contribution in [0.5, 0.6) is 11.5 Å². The van der Waals surface area contributed by atoms with Gasteiger partial charge in [-0.3, -0.25) is 15.1 Å². The molecular formula is C35H30F3N5O5S. The van der Waals surface area contributed by atoms with E-state index in [-0.39, 0.29) is 50.5 Å². The van der Waals surface area contributed by atoms with Crippen molar-refractivity contribution in [2.24, 2.45) is 0 Å². The highest BCUT2D eigenvalue weighted by Gasteiger charge is 2.46. The Bertz CT molecular complexity index is 2190. The van der Waals surface area contributed by atoms with Crippen LogP contribution < -0.4 is 26.0 Å². The summed E-state index contributed by atoms with van der Waals surface area (Å²) in [5.74, 6) is -2.35. The maximum atomic E-state index is 16.2. The summed E-state index contributed by atoms with van der Waals surface area (Å²) in [6.07, 6.45) is 0.601. The Morgan fingerprint density at radius 3 is 2.29 bits per heavy atom. The molecule has 5 aromatic rings. The smallest absolute Gasteiger partial charge is 0.418 e. The minimum absolute atomic E-state index is 0.0380. The van der Waals surface area contributed by atoms with Crippen molar-refractivity contribution in [1.82, 2.24) is 19.9 Å². The summed E-state index contributed by atoms with van der Waals surface area (Å²) in [5.41, 5.74) is -1.56. The van der Waals surface area contributed by atoms with Gasteiger partial charge in [-0.2, -0.15) is 10.0 Å². The summed E-state index contributed by atoms with van der Waals surface area (Å²) in [6, 6.07) is 19.4. The van der Waals surface area contributed by atoms with Crippen LogP contribution in [-0.4, -0.2) is 53.0 Å². The van der Waals surface area contributed by atoms with Gasteiger partial charge in [0.2, 0.25) is 0 Å². The Balaban J connectivity index is 1.61. The third-order valence-corrected chi connectivity index (χ3v) is 11.8. The molecular weight excluding hydrogens is 659 g/mol. The standard InChI is InChI=1S/C35H30F3N5O5S/c1-43(2)19-49(18-23-24(36)12-8-13-25(23)37)31(20-15-16-27(39-17-20)40-35(46)48-21-9-5-4-6-10-21)28(22-11-7-14-26(47-3)30(22)38)29-32(44)41-34(45)42-33(29)49/h4-17H,18-19H2,1-3H3,(H,39,40,46)(H2,41,42,44,45). The number of carbonyl (C=O) groups excluding carboxylic acids is 1. The monoisotopic (exact) mass is 689 g/mol. The van der Waals surface area contributed by atoms with Gasteiger partial charge in [-0.15, -0.1) is 0 Å². The number of amides is 1. The highest BCUT2D eigenvalue weighted by atomic mass is 32.3. The van der Waals surface area contributed by atoms with Crippen LogP contribution in [0.1, 0.15) is 22.3 Å². The average Bonchev–Trinajstić information content (AvgIpc) is 3.32. The Morgan fingerprint density at radius 1 is 0.918 bits per heavy atom. The number of ether oxygens (including phenoxy) is 2. The van der Waals surface area contributed by atoms with Crippen molar-refractivity contribution in [2.75, 3.05) is 32.4 Å². The zero-order valence-electron chi connectivity index (χ0n) is 26.5. The Morgan fingerprint density at radius 2 is 1.63 bits per heavy atom. The summed E-state index contributed by atoms with van der Waals surface area (Å²) in [5, 5.41) is 2.67. The van der Waals surface area contributed by atoms with Crippen LogP contribution in [0.2, 0.25) is 0 Å². The molecule has 1 aliphatic heterocycles. The van der Waals surface area contributed by atoms with E-state index in [1.54, 1.807) is 61.5 Å². The van der Waals surface area contributed by atoms with Crippen molar-refractivity contribution >= 4 is 32.4 Å². The SMILES string of the molecule is COc1cccc(C2=C(c3ccc(NC(=O)Oc4ccccc4)nc3)S(Cc3c(F)cccc3F)(CN(C)C)c3[nH]c(=O)[nH]c(=O)c32)c1F. The number of carbonyl (C=O) groups is 1. The second-order valence-electron chi connectivity index (χ2n) is 11.3. The number of hydrogen-bond donors (Lipinski definition) is 3. The summed E-state index contributed by atoms with van der Waals surface area (Å²) in [7, 11) is 1.90. The quantitative estimate of drug-likeness (QED) is 0.155. The molecule has 2 aromatic heterocycles. The van der Waals surface area contributed by atoms with Crippen LogP contribution in [0.4, 0.5) is 23.8 Å². The van der Waals surface area contributed by atoms with Gasteiger partial charge in [0.25, 0.3) is 5.56 Å². The molecule has 0 bridgehead atoms. The van der Waals surface area contributed by atoms with Crippen molar-refractivity contribution in [3.8, 4) is 11.5 Å². The maximum Gasteiger partial charge on any atom is 0.418 e. The zero-order chi connectivity index (χ0) is 34.9. The van der Waals surface area contributed by atoms with Gasteiger partial charge in [-0.1, -0.05) is 36.4 Å². The lowest BCUT2D eigenvalue weighted by atomic mass is 9.97. The number of methoxy groups -OCH3 is 1. The summed E-state index contributed by atoms with van der Waals surface area (Å²) < 4.78 is 57.7. The molecule has 0 spiro atoms. The van der Waals surface area contributed by atoms with Gasteiger partial charge in [-0.25, -0.2) is 27.7 Å². The number of hydrogen-bond acceptors (Lipinski definition) is 7. The van der Waals surface area contributed by atoms with Gasteiger partial charge in [-0.05, 0) is 56.6 Å². The highest BCUT2D eigenvalue weighted by molar-refractivity contribution is 8.40. The Labute approximate surface area is 279 Å². The van der Waals surface area contributed by atoms with Crippen LogP contribution in [0.3, 0.4) is 0 Å². The van der Waals surface area contributed by atoms with Gasteiger partial charge in [0.1, 0.15) is 23.2 Å². The number of fused-ring (bicyclic) bond motifs is 1. The number of benzene rings is 3. The average molecular weight is 690 g/mol. The molecule has 1 aliphatic rings. The summed E-state index contributed by atoms with van der Waals surface area (Å²) in [4.78, 5) is 50.8. The van der Waals surface area contributed by atoms with Crippen molar-refractivity contribution in [3.63, 3.8) is 0 Å². The molecule has 14 heteroatoms. The number of aromatic nitrogens is 3. The van der Waals surface area contributed by atoms with E-state index in [9.17, 15) is 14.4 Å². The number of aromatic amines is 2. The number of nitrogens with one attached hydrogen (secondary N) is 3. The number of rotatable bonds is 9. The first kappa shape index (κ1) is 33.3. The van der Waals surface area contributed by atoms with E-state index in [0.29, 0.717) is 16.2 Å². The van der Waals surface area contributed by atoms with Crippen molar-refractivity contribution in [3.05, 3.63) is 146 Å². The molecule has 3 heterocycles. The molecule has 6 rings (SSSR count). The third-order valence-electron chi connectivity index (χ3n) is 7.76. The number of halogens is 3. The van der Waals surface area contributed by atoms with Crippen LogP contribution in [0.15, 0.2) is 99.7 Å². The van der Waals surface area contributed by atoms with E-state index in [2.05, 4.69) is 20.3 Å². The molecule has 0 aliphatic carbocycles. The topological polar surface area (TPSA) is 129 Å². The van der Waals surface area contributed by atoms with Crippen molar-refractivity contribution in [1.29, 1.82) is 0 Å². The molecule has 1 atom stereocenters. The van der Waals surface area contributed by atoms with Gasteiger partial charge < -0.3 is 19.4 Å². The molecule has 252 valence electrons. The summed E-state index contributed by atoms with van der Waals surface area (Å²) in [6.45, 7) is 0. The highest BCUT2D eigenvalue weighted by Crippen LogP contribution is 2.74. The van der Waals surface area contributed by atoms with E-state index in [4.69, 9.17) is 9.47 Å². The molecule has 3 aromatic carbocycles. The largest absolute Gasteiger partial charge is 0.494 e. The lowest BCUT2D eigenvalue weighted by molar-refractivity contribution is 0.215. The fourth-order valence-corrected chi connectivity index (χ4v) is 10.4. The van der Waals surface area contributed by atoms with E-state index >= 15 is 13.2 Å². The first-order chi connectivity index (χ1) is 23.5. The molecule has 0 fully saturated rings. The van der Waals surface area contributed by atoms with Gasteiger partial charge in [0.15, 0.2) is 11.6 Å².